The van der Waals surface area contributed by atoms with E-state index < -0.39 is 26.6 Å². The molecule has 1 aromatic rings. The summed E-state index contributed by atoms with van der Waals surface area (Å²) in [4.78, 5) is 15.5. The third-order valence-corrected chi connectivity index (χ3v) is 7.36. The average Bonchev–Trinajstić information content (AvgIpc) is 2.60. The van der Waals surface area contributed by atoms with Crippen LogP contribution in [0.25, 0.3) is 0 Å². The standard InChI is InChI=1S/C19H27F2N3O3S/c1-14-10-15(2)12-22(11-14)13-18(25)23-6-8-24(9-7-23)28(26,27)19-16(20)4-3-5-17(19)21/h3-5,14-15H,6-13H2,1-2H3/t14-,15-/m1/s1. The van der Waals surface area contributed by atoms with Gasteiger partial charge in [-0.15, -0.1) is 0 Å². The van der Waals surface area contributed by atoms with Crippen molar-refractivity contribution in [3.05, 3.63) is 29.8 Å². The lowest BCUT2D eigenvalue weighted by atomic mass is 9.92. The number of halogens is 2. The first-order valence-electron chi connectivity index (χ1n) is 9.62. The van der Waals surface area contributed by atoms with Gasteiger partial charge in [0.25, 0.3) is 0 Å². The number of piperazine rings is 1. The zero-order valence-electron chi connectivity index (χ0n) is 16.3. The van der Waals surface area contributed by atoms with Crippen LogP contribution in [0.2, 0.25) is 0 Å². The summed E-state index contributed by atoms with van der Waals surface area (Å²) in [5.74, 6) is -1.14. The van der Waals surface area contributed by atoms with Gasteiger partial charge in [0.1, 0.15) is 11.6 Å². The largest absolute Gasteiger partial charge is 0.339 e. The molecule has 28 heavy (non-hydrogen) atoms. The number of hydrogen-bond acceptors (Lipinski definition) is 4. The van der Waals surface area contributed by atoms with Crippen molar-refractivity contribution >= 4 is 15.9 Å². The number of piperidine rings is 1. The summed E-state index contributed by atoms with van der Waals surface area (Å²) in [7, 11) is -4.28. The fraction of sp³-hybridized carbons (Fsp3) is 0.632. The van der Waals surface area contributed by atoms with Gasteiger partial charge in [-0.2, -0.15) is 4.31 Å². The number of amides is 1. The van der Waals surface area contributed by atoms with E-state index in [1.807, 2.05) is 0 Å². The van der Waals surface area contributed by atoms with E-state index in [0.29, 0.717) is 18.4 Å². The van der Waals surface area contributed by atoms with Gasteiger partial charge in [-0.3, -0.25) is 9.69 Å². The number of nitrogens with zero attached hydrogens (tertiary/aromatic N) is 3. The van der Waals surface area contributed by atoms with Gasteiger partial charge in [0.05, 0.1) is 6.54 Å². The summed E-state index contributed by atoms with van der Waals surface area (Å²) in [6.45, 7) is 6.93. The van der Waals surface area contributed by atoms with E-state index in [-0.39, 0.29) is 32.1 Å². The summed E-state index contributed by atoms with van der Waals surface area (Å²) < 4.78 is 54.1. The molecule has 0 aliphatic carbocycles. The molecule has 2 aliphatic rings. The molecule has 9 heteroatoms. The predicted octanol–water partition coefficient (Wildman–Crippen LogP) is 1.78. The van der Waals surface area contributed by atoms with Crippen molar-refractivity contribution in [3.8, 4) is 0 Å². The smallest absolute Gasteiger partial charge is 0.249 e. The van der Waals surface area contributed by atoms with Gasteiger partial charge in [0.15, 0.2) is 4.90 Å². The number of carbonyl (C=O) groups is 1. The highest BCUT2D eigenvalue weighted by molar-refractivity contribution is 7.89. The van der Waals surface area contributed by atoms with E-state index in [4.69, 9.17) is 0 Å². The molecule has 0 saturated carbocycles. The maximum atomic E-state index is 13.9. The number of sulfonamides is 1. The Kier molecular flexibility index (Phi) is 6.36. The van der Waals surface area contributed by atoms with Crippen LogP contribution in [0.4, 0.5) is 8.78 Å². The van der Waals surface area contributed by atoms with Crippen LogP contribution < -0.4 is 0 Å². The van der Waals surface area contributed by atoms with Crippen molar-refractivity contribution in [3.63, 3.8) is 0 Å². The number of hydrogen-bond donors (Lipinski definition) is 0. The SMILES string of the molecule is C[C@@H]1C[C@@H](C)CN(CC(=O)N2CCN(S(=O)(=O)c3c(F)cccc3F)CC2)C1. The molecular formula is C19H27F2N3O3S. The van der Waals surface area contributed by atoms with Crippen molar-refractivity contribution < 1.29 is 22.0 Å². The summed E-state index contributed by atoms with van der Waals surface area (Å²) in [5, 5.41) is 0. The van der Waals surface area contributed by atoms with Gasteiger partial charge in [-0.25, -0.2) is 17.2 Å². The molecule has 156 valence electrons. The maximum Gasteiger partial charge on any atom is 0.249 e. The monoisotopic (exact) mass is 415 g/mol. The molecule has 0 radical (unpaired) electrons. The van der Waals surface area contributed by atoms with Crippen LogP contribution in [0.5, 0.6) is 0 Å². The second kappa shape index (κ2) is 8.42. The van der Waals surface area contributed by atoms with Crippen molar-refractivity contribution in [2.24, 2.45) is 11.8 Å². The normalized spacial score (nSPS) is 25.1. The second-order valence-electron chi connectivity index (χ2n) is 7.98. The van der Waals surface area contributed by atoms with Crippen LogP contribution >= 0.6 is 0 Å². The summed E-state index contributed by atoms with van der Waals surface area (Å²) in [6, 6.07) is 2.98. The van der Waals surface area contributed by atoms with Crippen LogP contribution in [0.1, 0.15) is 20.3 Å². The molecule has 0 N–H and O–H groups in total. The molecule has 0 bridgehead atoms. The molecule has 0 aromatic heterocycles. The Labute approximate surface area is 165 Å². The first-order chi connectivity index (χ1) is 13.2. The Morgan fingerprint density at radius 1 is 1.04 bits per heavy atom. The number of carbonyl (C=O) groups excluding carboxylic acids is 1. The van der Waals surface area contributed by atoms with Gasteiger partial charge in [0, 0.05) is 39.3 Å². The average molecular weight is 416 g/mol. The van der Waals surface area contributed by atoms with E-state index in [1.54, 1.807) is 4.90 Å². The molecule has 1 aromatic carbocycles. The fourth-order valence-electron chi connectivity index (χ4n) is 4.25. The van der Waals surface area contributed by atoms with E-state index in [1.165, 1.54) is 0 Å². The molecule has 2 fully saturated rings. The lowest BCUT2D eigenvalue weighted by Gasteiger charge is -2.38. The molecule has 2 heterocycles. The lowest BCUT2D eigenvalue weighted by Crippen LogP contribution is -2.53. The third-order valence-electron chi connectivity index (χ3n) is 5.41. The molecule has 2 aliphatic heterocycles. The van der Waals surface area contributed by atoms with Crippen LogP contribution in [0.15, 0.2) is 23.1 Å². The first-order valence-corrected chi connectivity index (χ1v) is 11.1. The zero-order valence-corrected chi connectivity index (χ0v) is 17.1. The maximum absolute atomic E-state index is 13.9. The second-order valence-corrected chi connectivity index (χ2v) is 9.85. The molecule has 2 atom stereocenters. The van der Waals surface area contributed by atoms with Gasteiger partial charge in [0.2, 0.25) is 15.9 Å². The van der Waals surface area contributed by atoms with Crippen molar-refractivity contribution in [2.75, 3.05) is 45.8 Å². The minimum atomic E-state index is -4.28. The highest BCUT2D eigenvalue weighted by Gasteiger charge is 2.34. The minimum absolute atomic E-state index is 0.0225. The predicted molar refractivity (Wildman–Crippen MR) is 101 cm³/mol. The molecule has 2 saturated heterocycles. The quantitative estimate of drug-likeness (QED) is 0.752. The van der Waals surface area contributed by atoms with Gasteiger partial charge in [-0.1, -0.05) is 19.9 Å². The summed E-state index contributed by atoms with van der Waals surface area (Å²) in [5.41, 5.74) is 0. The molecule has 0 unspecified atom stereocenters. The topological polar surface area (TPSA) is 60.9 Å². The lowest BCUT2D eigenvalue weighted by molar-refractivity contribution is -0.134. The van der Waals surface area contributed by atoms with E-state index in [9.17, 15) is 22.0 Å². The van der Waals surface area contributed by atoms with Crippen LogP contribution in [-0.4, -0.2) is 74.2 Å². The number of rotatable bonds is 4. The van der Waals surface area contributed by atoms with Crippen LogP contribution in [-0.2, 0) is 14.8 Å². The Morgan fingerprint density at radius 3 is 2.11 bits per heavy atom. The van der Waals surface area contributed by atoms with Gasteiger partial charge in [-0.05, 0) is 30.4 Å². The number of likely N-dealkylation sites (tertiary alicyclic amines) is 1. The Morgan fingerprint density at radius 2 is 1.57 bits per heavy atom. The first kappa shape index (κ1) is 21.1. The molecule has 1 amide bonds. The number of benzene rings is 1. The zero-order chi connectivity index (χ0) is 20.5. The van der Waals surface area contributed by atoms with Gasteiger partial charge >= 0.3 is 0 Å². The Balaban J connectivity index is 1.60. The summed E-state index contributed by atoms with van der Waals surface area (Å²) >= 11 is 0. The highest BCUT2D eigenvalue weighted by atomic mass is 32.2. The molecule has 3 rings (SSSR count). The fourth-order valence-corrected chi connectivity index (χ4v) is 5.78. The van der Waals surface area contributed by atoms with Crippen molar-refractivity contribution in [1.82, 2.24) is 14.1 Å². The van der Waals surface area contributed by atoms with Gasteiger partial charge < -0.3 is 4.90 Å². The molecule has 0 spiro atoms. The van der Waals surface area contributed by atoms with E-state index >= 15 is 0 Å². The Bertz CT molecular complexity index is 795. The molecular weight excluding hydrogens is 388 g/mol. The summed E-state index contributed by atoms with van der Waals surface area (Å²) in [6.07, 6.45) is 1.16. The Hall–Kier alpha value is -1.58. The third kappa shape index (κ3) is 4.52. The molecule has 6 nitrogen and oxygen atoms in total. The van der Waals surface area contributed by atoms with E-state index in [0.717, 1.165) is 42.0 Å². The van der Waals surface area contributed by atoms with Crippen LogP contribution in [0, 0.1) is 23.5 Å². The van der Waals surface area contributed by atoms with Crippen LogP contribution in [0.3, 0.4) is 0 Å². The highest BCUT2D eigenvalue weighted by Crippen LogP contribution is 2.24. The van der Waals surface area contributed by atoms with Crippen molar-refractivity contribution in [2.45, 2.75) is 25.2 Å². The van der Waals surface area contributed by atoms with E-state index in [2.05, 4.69) is 18.7 Å². The van der Waals surface area contributed by atoms with Crippen molar-refractivity contribution in [1.29, 1.82) is 0 Å². The minimum Gasteiger partial charge on any atom is -0.339 e.